The molecule has 4 nitrogen and oxygen atoms in total. The van der Waals surface area contributed by atoms with Crippen molar-refractivity contribution in [1.29, 1.82) is 0 Å². The highest BCUT2D eigenvalue weighted by atomic mass is 16.5. The molecule has 0 radical (unpaired) electrons. The Morgan fingerprint density at radius 3 is 1.87 bits per heavy atom. The Kier molecular flexibility index (Phi) is 6.95. The number of hydrogen-bond donors (Lipinski definition) is 1. The minimum Gasteiger partial charge on any atom is -0.489 e. The average Bonchev–Trinajstić information content (AvgIpc) is 2.84. The summed E-state index contributed by atoms with van der Waals surface area (Å²) in [7, 11) is 0. The molecule has 0 unspecified atom stereocenters. The van der Waals surface area contributed by atoms with Crippen LogP contribution in [0.2, 0.25) is 0 Å². The van der Waals surface area contributed by atoms with Crippen molar-refractivity contribution in [2.45, 2.75) is 13.2 Å². The van der Waals surface area contributed by atoms with Gasteiger partial charge in [0.05, 0.1) is 11.9 Å². The maximum Gasteiger partial charge on any atom is 0.128 e. The van der Waals surface area contributed by atoms with E-state index in [1.165, 1.54) is 0 Å². The average molecular weight is 409 g/mol. The van der Waals surface area contributed by atoms with Crippen LogP contribution in [0.1, 0.15) is 16.7 Å². The summed E-state index contributed by atoms with van der Waals surface area (Å²) >= 11 is 0. The van der Waals surface area contributed by atoms with Gasteiger partial charge in [0.2, 0.25) is 0 Å². The van der Waals surface area contributed by atoms with Crippen molar-refractivity contribution < 1.29 is 9.47 Å². The second kappa shape index (κ2) is 10.6. The molecule has 0 heterocycles. The Bertz CT molecular complexity index is 1100. The third-order valence-corrected chi connectivity index (χ3v) is 4.64. The molecular weight excluding hydrogens is 384 g/mol. The van der Waals surface area contributed by atoms with E-state index in [9.17, 15) is 0 Å². The fourth-order valence-corrected chi connectivity index (χ4v) is 3.01. The lowest BCUT2D eigenvalue weighted by atomic mass is 10.2. The molecule has 1 N–H and O–H groups in total. The van der Waals surface area contributed by atoms with Crippen LogP contribution in [-0.4, -0.2) is 6.21 Å². The van der Waals surface area contributed by atoms with Crippen LogP contribution in [-0.2, 0) is 13.2 Å². The first-order chi connectivity index (χ1) is 15.4. The van der Waals surface area contributed by atoms with E-state index < -0.39 is 0 Å². The zero-order valence-electron chi connectivity index (χ0n) is 17.1. The number of ether oxygens (including phenoxy) is 2. The Hall–Kier alpha value is -4.05. The summed E-state index contributed by atoms with van der Waals surface area (Å²) in [6, 6.07) is 35.8. The predicted octanol–water partition coefficient (Wildman–Crippen LogP) is 6.29. The summed E-state index contributed by atoms with van der Waals surface area (Å²) < 4.78 is 12.0. The summed E-state index contributed by atoms with van der Waals surface area (Å²) in [6.07, 6.45) is 1.75. The van der Waals surface area contributed by atoms with E-state index in [-0.39, 0.29) is 0 Å². The number of hydrazone groups is 1. The monoisotopic (exact) mass is 408 g/mol. The van der Waals surface area contributed by atoms with Crippen molar-refractivity contribution in [3.8, 4) is 11.5 Å². The van der Waals surface area contributed by atoms with E-state index in [0.717, 1.165) is 33.9 Å². The number of benzene rings is 4. The van der Waals surface area contributed by atoms with Gasteiger partial charge >= 0.3 is 0 Å². The van der Waals surface area contributed by atoms with Gasteiger partial charge in [-0.3, -0.25) is 5.43 Å². The first-order valence-corrected chi connectivity index (χ1v) is 10.2. The summed E-state index contributed by atoms with van der Waals surface area (Å²) in [4.78, 5) is 0. The SMILES string of the molecule is C(=NNc1ccccc1)c1cc(OCc2ccccc2)ccc1OCc1ccccc1. The minimum atomic E-state index is 0.484. The fraction of sp³-hybridized carbons (Fsp3) is 0.0741. The van der Waals surface area contributed by atoms with Crippen LogP contribution in [0.4, 0.5) is 5.69 Å². The Balaban J connectivity index is 1.49. The molecule has 4 aromatic rings. The van der Waals surface area contributed by atoms with Gasteiger partial charge in [-0.25, -0.2) is 0 Å². The molecular formula is C27H24N2O2. The van der Waals surface area contributed by atoms with E-state index >= 15 is 0 Å². The molecule has 4 rings (SSSR count). The maximum atomic E-state index is 6.07. The second-order valence-corrected chi connectivity index (χ2v) is 6.98. The third kappa shape index (κ3) is 6.21. The van der Waals surface area contributed by atoms with Crippen molar-refractivity contribution >= 4 is 11.9 Å². The van der Waals surface area contributed by atoms with Gasteiger partial charge in [0.1, 0.15) is 24.7 Å². The van der Waals surface area contributed by atoms with Crippen LogP contribution in [0, 0.1) is 0 Å². The summed E-state index contributed by atoms with van der Waals surface area (Å²) in [5, 5.41) is 4.38. The number of para-hydroxylation sites is 1. The number of anilines is 1. The number of nitrogens with zero attached hydrogens (tertiary/aromatic N) is 1. The van der Waals surface area contributed by atoms with Crippen molar-refractivity contribution in [1.82, 2.24) is 0 Å². The predicted molar refractivity (Wildman–Crippen MR) is 126 cm³/mol. The lowest BCUT2D eigenvalue weighted by molar-refractivity contribution is 0.297. The highest BCUT2D eigenvalue weighted by Gasteiger charge is 2.06. The topological polar surface area (TPSA) is 42.9 Å². The molecule has 0 spiro atoms. The van der Waals surface area contributed by atoms with Crippen molar-refractivity contribution in [2.24, 2.45) is 5.10 Å². The second-order valence-electron chi connectivity index (χ2n) is 6.98. The van der Waals surface area contributed by atoms with Crippen LogP contribution in [0.15, 0.2) is 114 Å². The van der Waals surface area contributed by atoms with Crippen LogP contribution < -0.4 is 14.9 Å². The number of hydrogen-bond acceptors (Lipinski definition) is 4. The molecule has 0 bridgehead atoms. The highest BCUT2D eigenvalue weighted by Crippen LogP contribution is 2.25. The van der Waals surface area contributed by atoms with Gasteiger partial charge in [-0.1, -0.05) is 78.9 Å². The van der Waals surface area contributed by atoms with Gasteiger partial charge in [0.15, 0.2) is 0 Å². The van der Waals surface area contributed by atoms with Crippen molar-refractivity contribution in [2.75, 3.05) is 5.43 Å². The van der Waals surface area contributed by atoms with Gasteiger partial charge in [-0.15, -0.1) is 0 Å². The molecule has 0 saturated carbocycles. The summed E-state index contributed by atoms with van der Waals surface area (Å²) in [5.41, 5.74) is 7.03. The van der Waals surface area contributed by atoms with E-state index in [0.29, 0.717) is 13.2 Å². The van der Waals surface area contributed by atoms with E-state index in [1.54, 1.807) is 6.21 Å². The van der Waals surface area contributed by atoms with Gasteiger partial charge in [0.25, 0.3) is 0 Å². The van der Waals surface area contributed by atoms with Crippen molar-refractivity contribution in [3.05, 3.63) is 126 Å². The van der Waals surface area contributed by atoms with E-state index in [4.69, 9.17) is 9.47 Å². The summed E-state index contributed by atoms with van der Waals surface area (Å²) in [6.45, 7) is 0.988. The Morgan fingerprint density at radius 2 is 1.23 bits per heavy atom. The van der Waals surface area contributed by atoms with Crippen LogP contribution >= 0.6 is 0 Å². The van der Waals surface area contributed by atoms with Crippen LogP contribution in [0.25, 0.3) is 0 Å². The molecule has 4 aromatic carbocycles. The standard InChI is InChI=1S/C27H24N2O2/c1-4-10-22(11-5-1)20-30-26-16-17-27(31-21-23-12-6-2-7-13-23)24(18-26)19-28-29-25-14-8-3-9-15-25/h1-19,29H,20-21H2. The molecule has 4 heteroatoms. The number of rotatable bonds is 9. The zero-order chi connectivity index (χ0) is 21.1. The molecule has 31 heavy (non-hydrogen) atoms. The number of nitrogens with one attached hydrogen (secondary N) is 1. The van der Waals surface area contributed by atoms with Gasteiger partial charge < -0.3 is 9.47 Å². The molecule has 0 aliphatic heterocycles. The molecule has 0 aliphatic carbocycles. The lowest BCUT2D eigenvalue weighted by Gasteiger charge is -2.12. The first-order valence-electron chi connectivity index (χ1n) is 10.2. The smallest absolute Gasteiger partial charge is 0.128 e. The highest BCUT2D eigenvalue weighted by molar-refractivity contribution is 5.84. The van der Waals surface area contributed by atoms with Crippen LogP contribution in [0.5, 0.6) is 11.5 Å². The van der Waals surface area contributed by atoms with E-state index in [2.05, 4.69) is 10.5 Å². The molecule has 154 valence electrons. The van der Waals surface area contributed by atoms with E-state index in [1.807, 2.05) is 109 Å². The minimum absolute atomic E-state index is 0.484. The van der Waals surface area contributed by atoms with Gasteiger partial charge in [0, 0.05) is 5.56 Å². The lowest BCUT2D eigenvalue weighted by Crippen LogP contribution is -2.01. The molecule has 0 fully saturated rings. The largest absolute Gasteiger partial charge is 0.489 e. The first kappa shape index (κ1) is 20.2. The third-order valence-electron chi connectivity index (χ3n) is 4.64. The molecule has 0 amide bonds. The molecule has 0 saturated heterocycles. The van der Waals surface area contributed by atoms with Crippen molar-refractivity contribution in [3.63, 3.8) is 0 Å². The maximum absolute atomic E-state index is 6.07. The van der Waals surface area contributed by atoms with Gasteiger partial charge in [-0.2, -0.15) is 5.10 Å². The quantitative estimate of drug-likeness (QED) is 0.261. The fourth-order valence-electron chi connectivity index (χ4n) is 3.01. The normalized spacial score (nSPS) is 10.7. The Morgan fingerprint density at radius 1 is 0.645 bits per heavy atom. The summed E-state index contributed by atoms with van der Waals surface area (Å²) in [5.74, 6) is 1.51. The zero-order valence-corrected chi connectivity index (χ0v) is 17.1. The molecule has 0 atom stereocenters. The molecule has 0 aromatic heterocycles. The Labute approximate surface area is 182 Å². The van der Waals surface area contributed by atoms with Crippen LogP contribution in [0.3, 0.4) is 0 Å². The molecule has 0 aliphatic rings. The van der Waals surface area contributed by atoms with Gasteiger partial charge in [-0.05, 0) is 41.5 Å².